The summed E-state index contributed by atoms with van der Waals surface area (Å²) in [5.74, 6) is -0.986. The molecule has 3 rings (SSSR count). The number of aromatic hydroxyl groups is 1. The molecule has 3 aromatic rings. The SMILES string of the molecule is CN(C)c1ccc(C=Cc2c(O)n(-c3ccccc3F)c(=S)[nH]c2=O)cc1. The normalized spacial score (nSPS) is 11.1. The fourth-order valence-electron chi connectivity index (χ4n) is 2.61. The Morgan fingerprint density at radius 2 is 1.78 bits per heavy atom. The molecule has 27 heavy (non-hydrogen) atoms. The lowest BCUT2D eigenvalue weighted by atomic mass is 10.1. The van der Waals surface area contributed by atoms with Crippen LogP contribution in [0.25, 0.3) is 17.8 Å². The van der Waals surface area contributed by atoms with Crippen molar-refractivity contribution in [3.63, 3.8) is 0 Å². The van der Waals surface area contributed by atoms with E-state index in [0.717, 1.165) is 15.8 Å². The summed E-state index contributed by atoms with van der Waals surface area (Å²) >= 11 is 5.10. The molecule has 0 bridgehead atoms. The molecule has 138 valence electrons. The summed E-state index contributed by atoms with van der Waals surface area (Å²) in [7, 11) is 3.89. The second-order valence-corrected chi connectivity index (χ2v) is 6.49. The highest BCUT2D eigenvalue weighted by Gasteiger charge is 2.14. The molecular weight excluding hydrogens is 365 g/mol. The van der Waals surface area contributed by atoms with E-state index in [-0.39, 0.29) is 16.0 Å². The van der Waals surface area contributed by atoms with Crippen molar-refractivity contribution in [2.75, 3.05) is 19.0 Å². The van der Waals surface area contributed by atoms with E-state index in [1.54, 1.807) is 12.1 Å². The summed E-state index contributed by atoms with van der Waals surface area (Å²) in [6, 6.07) is 13.5. The number of benzene rings is 2. The molecule has 0 atom stereocenters. The molecule has 1 aromatic heterocycles. The van der Waals surface area contributed by atoms with Crippen LogP contribution in [0.2, 0.25) is 0 Å². The highest BCUT2D eigenvalue weighted by Crippen LogP contribution is 2.23. The molecule has 7 heteroatoms. The number of nitrogens with zero attached hydrogens (tertiary/aromatic N) is 2. The van der Waals surface area contributed by atoms with Crippen LogP contribution in [0.15, 0.2) is 53.3 Å². The zero-order chi connectivity index (χ0) is 19.6. The van der Waals surface area contributed by atoms with Gasteiger partial charge in [0.15, 0.2) is 4.77 Å². The first-order chi connectivity index (χ1) is 12.9. The van der Waals surface area contributed by atoms with Crippen molar-refractivity contribution in [2.24, 2.45) is 0 Å². The highest BCUT2D eigenvalue weighted by molar-refractivity contribution is 7.71. The van der Waals surface area contributed by atoms with Crippen LogP contribution in [0.4, 0.5) is 10.1 Å². The molecule has 0 radical (unpaired) electrons. The van der Waals surface area contributed by atoms with Crippen molar-refractivity contribution in [2.45, 2.75) is 0 Å². The predicted octanol–water partition coefficient (Wildman–Crippen LogP) is 3.98. The number of H-pyrrole nitrogens is 1. The third-order valence-corrected chi connectivity index (χ3v) is 4.35. The predicted molar refractivity (Wildman–Crippen MR) is 109 cm³/mol. The van der Waals surface area contributed by atoms with Gasteiger partial charge in [-0.25, -0.2) is 4.39 Å². The van der Waals surface area contributed by atoms with E-state index in [4.69, 9.17) is 12.2 Å². The maximum Gasteiger partial charge on any atom is 0.262 e. The van der Waals surface area contributed by atoms with Crippen molar-refractivity contribution < 1.29 is 9.50 Å². The van der Waals surface area contributed by atoms with Gasteiger partial charge in [-0.05, 0) is 48.1 Å². The first-order valence-electron chi connectivity index (χ1n) is 8.17. The molecule has 0 saturated carbocycles. The van der Waals surface area contributed by atoms with E-state index in [1.165, 1.54) is 24.3 Å². The molecule has 0 aliphatic rings. The molecule has 0 fully saturated rings. The van der Waals surface area contributed by atoms with Crippen molar-refractivity contribution in [1.82, 2.24) is 9.55 Å². The van der Waals surface area contributed by atoms with Crippen LogP contribution in [0.3, 0.4) is 0 Å². The van der Waals surface area contributed by atoms with Gasteiger partial charge in [0.05, 0.1) is 5.69 Å². The number of hydrogen-bond acceptors (Lipinski definition) is 4. The average Bonchev–Trinajstić information content (AvgIpc) is 2.63. The fourth-order valence-corrected chi connectivity index (χ4v) is 2.89. The number of rotatable bonds is 4. The van der Waals surface area contributed by atoms with Crippen LogP contribution >= 0.6 is 12.2 Å². The van der Waals surface area contributed by atoms with E-state index in [0.29, 0.717) is 0 Å². The Balaban J connectivity index is 2.06. The van der Waals surface area contributed by atoms with E-state index in [1.807, 2.05) is 43.3 Å². The zero-order valence-electron chi connectivity index (χ0n) is 14.8. The van der Waals surface area contributed by atoms with Crippen LogP contribution in [0.5, 0.6) is 5.88 Å². The second-order valence-electron chi connectivity index (χ2n) is 6.10. The summed E-state index contributed by atoms with van der Waals surface area (Å²) in [5, 5.41) is 10.6. The Morgan fingerprint density at radius 1 is 1.11 bits per heavy atom. The van der Waals surface area contributed by atoms with Gasteiger partial charge in [0, 0.05) is 19.8 Å². The largest absolute Gasteiger partial charge is 0.494 e. The average molecular weight is 383 g/mol. The van der Waals surface area contributed by atoms with Crippen molar-refractivity contribution in [1.29, 1.82) is 0 Å². The van der Waals surface area contributed by atoms with Gasteiger partial charge in [-0.1, -0.05) is 30.3 Å². The first kappa shape index (κ1) is 18.6. The maximum atomic E-state index is 14.1. The molecule has 5 nitrogen and oxygen atoms in total. The van der Waals surface area contributed by atoms with E-state index >= 15 is 0 Å². The van der Waals surface area contributed by atoms with Crippen LogP contribution in [-0.2, 0) is 0 Å². The van der Waals surface area contributed by atoms with Gasteiger partial charge in [-0.2, -0.15) is 0 Å². The molecule has 2 N–H and O–H groups in total. The molecule has 0 aliphatic heterocycles. The Kier molecular flexibility index (Phi) is 5.23. The Bertz CT molecular complexity index is 1120. The summed E-state index contributed by atoms with van der Waals surface area (Å²) in [6.07, 6.45) is 3.17. The second kappa shape index (κ2) is 7.59. The highest BCUT2D eigenvalue weighted by atomic mass is 32.1. The molecule has 0 saturated heterocycles. The van der Waals surface area contributed by atoms with Crippen molar-refractivity contribution in [3.05, 3.63) is 80.6 Å². The molecule has 0 amide bonds. The Morgan fingerprint density at radius 3 is 2.41 bits per heavy atom. The maximum absolute atomic E-state index is 14.1. The van der Waals surface area contributed by atoms with Gasteiger partial charge < -0.3 is 10.0 Å². The number of aromatic nitrogens is 2. The number of hydrogen-bond donors (Lipinski definition) is 2. The summed E-state index contributed by atoms with van der Waals surface area (Å²) in [5.41, 5.74) is 1.39. The quantitative estimate of drug-likeness (QED) is 0.669. The van der Waals surface area contributed by atoms with Crippen molar-refractivity contribution >= 4 is 30.1 Å². The van der Waals surface area contributed by atoms with E-state index in [9.17, 15) is 14.3 Å². The van der Waals surface area contributed by atoms with E-state index in [2.05, 4.69) is 4.98 Å². The third kappa shape index (κ3) is 3.83. The molecule has 0 spiro atoms. The van der Waals surface area contributed by atoms with Gasteiger partial charge in [0.25, 0.3) is 5.56 Å². The Hall–Kier alpha value is -3.19. The van der Waals surface area contributed by atoms with Crippen LogP contribution in [0, 0.1) is 10.6 Å². The topological polar surface area (TPSA) is 61.3 Å². The van der Waals surface area contributed by atoms with Gasteiger partial charge in [-0.15, -0.1) is 0 Å². The van der Waals surface area contributed by atoms with E-state index < -0.39 is 17.3 Å². The van der Waals surface area contributed by atoms with Crippen molar-refractivity contribution in [3.8, 4) is 11.6 Å². The lowest BCUT2D eigenvalue weighted by molar-refractivity contribution is 0.429. The summed E-state index contributed by atoms with van der Waals surface area (Å²) < 4.78 is 15.1. The van der Waals surface area contributed by atoms with Crippen LogP contribution < -0.4 is 10.5 Å². The first-order valence-corrected chi connectivity index (χ1v) is 8.58. The van der Waals surface area contributed by atoms with Crippen LogP contribution in [0.1, 0.15) is 11.1 Å². The lowest BCUT2D eigenvalue weighted by Gasteiger charge is -2.12. The van der Waals surface area contributed by atoms with Gasteiger partial charge in [0.2, 0.25) is 5.88 Å². The van der Waals surface area contributed by atoms with Crippen LogP contribution in [-0.4, -0.2) is 28.8 Å². The minimum Gasteiger partial charge on any atom is -0.494 e. The lowest BCUT2D eigenvalue weighted by Crippen LogP contribution is -2.16. The number of halogens is 1. The molecule has 0 aliphatic carbocycles. The third-order valence-electron chi connectivity index (χ3n) is 4.07. The molecule has 1 heterocycles. The van der Waals surface area contributed by atoms with Gasteiger partial charge in [-0.3, -0.25) is 14.3 Å². The number of aromatic amines is 1. The number of nitrogens with one attached hydrogen (secondary N) is 1. The Labute approximate surface area is 160 Å². The molecule has 0 unspecified atom stereocenters. The number of anilines is 1. The fraction of sp³-hybridized carbons (Fsp3) is 0.100. The standard InChI is InChI=1S/C20H18FN3O2S/c1-23(2)14-10-7-13(8-11-14)9-12-15-18(25)22-20(27)24(19(15)26)17-6-4-3-5-16(17)21/h3-12,26H,1-2H3,(H,22,25,27). The summed E-state index contributed by atoms with van der Waals surface area (Å²) in [6.45, 7) is 0. The minimum atomic E-state index is -0.565. The van der Waals surface area contributed by atoms with Gasteiger partial charge in [0.1, 0.15) is 11.4 Å². The van der Waals surface area contributed by atoms with Gasteiger partial charge >= 0.3 is 0 Å². The smallest absolute Gasteiger partial charge is 0.262 e. The zero-order valence-corrected chi connectivity index (χ0v) is 15.6. The number of para-hydroxylation sites is 1. The minimum absolute atomic E-state index is 0.0106. The molecular formula is C20H18FN3O2S. The monoisotopic (exact) mass is 383 g/mol. The molecule has 2 aromatic carbocycles. The summed E-state index contributed by atoms with van der Waals surface area (Å²) in [4.78, 5) is 16.7.